The average molecular weight is 246 g/mol. The number of aliphatic hydroxyl groups is 1. The molecule has 0 bridgehead atoms. The van der Waals surface area contributed by atoms with Gasteiger partial charge in [-0.15, -0.1) is 0 Å². The Morgan fingerprint density at radius 3 is 2.50 bits per heavy atom. The average Bonchev–Trinajstić information content (AvgIpc) is 2.85. The molecular weight excluding hydrogens is 228 g/mol. The van der Waals surface area contributed by atoms with Crippen molar-refractivity contribution in [3.63, 3.8) is 0 Å². The molecule has 0 saturated carbocycles. The van der Waals surface area contributed by atoms with Crippen molar-refractivity contribution < 1.29 is 14.3 Å². The third-order valence-corrected chi connectivity index (χ3v) is 3.35. The first-order chi connectivity index (χ1) is 8.46. The molecule has 0 spiro atoms. The number of benzene rings is 1. The van der Waals surface area contributed by atoms with E-state index in [2.05, 4.69) is 0 Å². The minimum Gasteiger partial charge on any atom is -0.496 e. The van der Waals surface area contributed by atoms with Gasteiger partial charge in [0.2, 0.25) is 0 Å². The highest BCUT2D eigenvalue weighted by atomic mass is 16.5. The molecule has 1 N–H and O–H groups in total. The van der Waals surface area contributed by atoms with E-state index in [4.69, 9.17) is 9.15 Å². The fourth-order valence-electron chi connectivity index (χ4n) is 2.23. The molecule has 2 rings (SSSR count). The van der Waals surface area contributed by atoms with Gasteiger partial charge >= 0.3 is 0 Å². The second-order valence-electron chi connectivity index (χ2n) is 4.72. The third-order valence-electron chi connectivity index (χ3n) is 3.35. The van der Waals surface area contributed by atoms with Gasteiger partial charge in [-0.25, -0.2) is 0 Å². The van der Waals surface area contributed by atoms with Gasteiger partial charge in [-0.2, -0.15) is 0 Å². The van der Waals surface area contributed by atoms with Gasteiger partial charge in [0, 0.05) is 5.56 Å². The predicted octanol–water partition coefficient (Wildman–Crippen LogP) is 3.16. The van der Waals surface area contributed by atoms with Crippen LogP contribution in [0.15, 0.2) is 35.1 Å². The Bertz CT molecular complexity index is 539. The van der Waals surface area contributed by atoms with E-state index in [-0.39, 0.29) is 0 Å². The summed E-state index contributed by atoms with van der Waals surface area (Å²) in [5.41, 5.74) is 2.54. The van der Waals surface area contributed by atoms with E-state index in [1.165, 1.54) is 0 Å². The Kier molecular flexibility index (Phi) is 3.18. The molecule has 0 aliphatic heterocycles. The number of rotatable bonds is 3. The first-order valence-corrected chi connectivity index (χ1v) is 5.87. The molecular formula is C15H18O3. The lowest BCUT2D eigenvalue weighted by Crippen LogP contribution is -2.23. The zero-order valence-electron chi connectivity index (χ0n) is 11.2. The topological polar surface area (TPSA) is 42.6 Å². The van der Waals surface area contributed by atoms with Gasteiger partial charge in [-0.1, -0.05) is 0 Å². The standard InChI is InChI=1S/C15H18O3/c1-10-8-14(17-4)11(2)7-13(10)15(3,16)12-5-6-18-9-12/h5-9,16H,1-4H3. The fourth-order valence-corrected chi connectivity index (χ4v) is 2.23. The summed E-state index contributed by atoms with van der Waals surface area (Å²) >= 11 is 0. The summed E-state index contributed by atoms with van der Waals surface area (Å²) in [6.45, 7) is 5.70. The van der Waals surface area contributed by atoms with Crippen LogP contribution in [-0.2, 0) is 5.60 Å². The van der Waals surface area contributed by atoms with Gasteiger partial charge in [0.25, 0.3) is 0 Å². The Hall–Kier alpha value is -1.74. The van der Waals surface area contributed by atoms with Gasteiger partial charge in [-0.05, 0) is 55.7 Å². The van der Waals surface area contributed by atoms with Gasteiger partial charge in [0.05, 0.1) is 19.6 Å². The molecule has 18 heavy (non-hydrogen) atoms. The lowest BCUT2D eigenvalue weighted by atomic mass is 9.86. The van der Waals surface area contributed by atoms with E-state index in [0.29, 0.717) is 0 Å². The largest absolute Gasteiger partial charge is 0.496 e. The van der Waals surface area contributed by atoms with Crippen molar-refractivity contribution in [2.24, 2.45) is 0 Å². The summed E-state index contributed by atoms with van der Waals surface area (Å²) in [7, 11) is 1.65. The second kappa shape index (κ2) is 4.50. The van der Waals surface area contributed by atoms with Crippen LogP contribution in [0.2, 0.25) is 0 Å². The maximum absolute atomic E-state index is 10.7. The van der Waals surface area contributed by atoms with Crippen molar-refractivity contribution in [3.8, 4) is 5.75 Å². The Morgan fingerprint density at radius 1 is 1.22 bits per heavy atom. The van der Waals surface area contributed by atoms with E-state index in [1.807, 2.05) is 26.0 Å². The number of hydrogen-bond acceptors (Lipinski definition) is 3. The monoisotopic (exact) mass is 246 g/mol. The van der Waals surface area contributed by atoms with Gasteiger partial charge in [0.1, 0.15) is 11.4 Å². The molecule has 0 fully saturated rings. The van der Waals surface area contributed by atoms with Crippen LogP contribution < -0.4 is 4.74 Å². The quantitative estimate of drug-likeness (QED) is 0.904. The van der Waals surface area contributed by atoms with Crippen LogP contribution in [0.25, 0.3) is 0 Å². The normalized spacial score (nSPS) is 14.3. The van der Waals surface area contributed by atoms with Gasteiger partial charge in [0.15, 0.2) is 0 Å². The smallest absolute Gasteiger partial charge is 0.122 e. The predicted molar refractivity (Wildman–Crippen MR) is 69.8 cm³/mol. The lowest BCUT2D eigenvalue weighted by molar-refractivity contribution is 0.101. The van der Waals surface area contributed by atoms with Crippen molar-refractivity contribution >= 4 is 0 Å². The molecule has 96 valence electrons. The summed E-state index contributed by atoms with van der Waals surface area (Å²) in [5, 5.41) is 10.7. The minimum atomic E-state index is -1.06. The summed E-state index contributed by atoms with van der Waals surface area (Å²) in [4.78, 5) is 0. The van der Waals surface area contributed by atoms with Gasteiger partial charge < -0.3 is 14.3 Å². The highest BCUT2D eigenvalue weighted by Gasteiger charge is 2.29. The summed E-state index contributed by atoms with van der Waals surface area (Å²) in [6, 6.07) is 5.68. The van der Waals surface area contributed by atoms with Crippen LogP contribution in [-0.4, -0.2) is 12.2 Å². The van der Waals surface area contributed by atoms with Crippen molar-refractivity contribution in [2.75, 3.05) is 7.11 Å². The molecule has 1 heterocycles. The molecule has 1 unspecified atom stereocenters. The van der Waals surface area contributed by atoms with Crippen molar-refractivity contribution in [1.29, 1.82) is 0 Å². The molecule has 0 aliphatic rings. The molecule has 1 aromatic carbocycles. The molecule has 2 aromatic rings. The first-order valence-electron chi connectivity index (χ1n) is 5.87. The van der Waals surface area contributed by atoms with E-state index >= 15 is 0 Å². The molecule has 3 nitrogen and oxygen atoms in total. The zero-order valence-corrected chi connectivity index (χ0v) is 11.2. The van der Waals surface area contributed by atoms with Crippen LogP contribution in [0.1, 0.15) is 29.2 Å². The zero-order chi connectivity index (χ0) is 13.3. The number of ether oxygens (including phenoxy) is 1. The number of hydrogen-bond donors (Lipinski definition) is 1. The SMILES string of the molecule is COc1cc(C)c(C(C)(O)c2ccoc2)cc1C. The summed E-state index contributed by atoms with van der Waals surface area (Å²) < 4.78 is 10.3. The van der Waals surface area contributed by atoms with Crippen LogP contribution in [0.3, 0.4) is 0 Å². The van der Waals surface area contributed by atoms with Crippen LogP contribution >= 0.6 is 0 Å². The minimum absolute atomic E-state index is 0.746. The maximum Gasteiger partial charge on any atom is 0.122 e. The number of furan rings is 1. The van der Waals surface area contributed by atoms with Crippen molar-refractivity contribution in [1.82, 2.24) is 0 Å². The highest BCUT2D eigenvalue weighted by molar-refractivity contribution is 5.46. The van der Waals surface area contributed by atoms with Crippen molar-refractivity contribution in [2.45, 2.75) is 26.4 Å². The van der Waals surface area contributed by atoms with Gasteiger partial charge in [-0.3, -0.25) is 0 Å². The van der Waals surface area contributed by atoms with Crippen LogP contribution in [0, 0.1) is 13.8 Å². The molecule has 3 heteroatoms. The van der Waals surface area contributed by atoms with Crippen LogP contribution in [0.4, 0.5) is 0 Å². The Labute approximate surface area is 107 Å². The van der Waals surface area contributed by atoms with Crippen LogP contribution in [0.5, 0.6) is 5.75 Å². The highest BCUT2D eigenvalue weighted by Crippen LogP contribution is 2.34. The maximum atomic E-state index is 10.7. The summed E-state index contributed by atoms with van der Waals surface area (Å²) in [6.07, 6.45) is 3.13. The second-order valence-corrected chi connectivity index (χ2v) is 4.72. The summed E-state index contributed by atoms with van der Waals surface area (Å²) in [5.74, 6) is 0.833. The molecule has 0 amide bonds. The molecule has 0 aliphatic carbocycles. The fraction of sp³-hybridized carbons (Fsp3) is 0.333. The molecule has 0 radical (unpaired) electrons. The Balaban J connectivity index is 2.55. The van der Waals surface area contributed by atoms with E-state index in [9.17, 15) is 5.11 Å². The lowest BCUT2D eigenvalue weighted by Gasteiger charge is -2.25. The van der Waals surface area contributed by atoms with E-state index < -0.39 is 5.60 Å². The third kappa shape index (κ3) is 2.02. The number of methoxy groups -OCH3 is 1. The molecule has 1 atom stereocenters. The first kappa shape index (κ1) is 12.7. The molecule has 0 saturated heterocycles. The Morgan fingerprint density at radius 2 is 1.94 bits per heavy atom. The van der Waals surface area contributed by atoms with E-state index in [1.54, 1.807) is 32.6 Å². The number of aryl methyl sites for hydroxylation is 2. The van der Waals surface area contributed by atoms with E-state index in [0.717, 1.165) is 28.0 Å². The van der Waals surface area contributed by atoms with Crippen molar-refractivity contribution in [3.05, 3.63) is 53.0 Å². The molecule has 1 aromatic heterocycles.